The van der Waals surface area contributed by atoms with Crippen LogP contribution >= 0.6 is 0 Å². The third-order valence-electron chi connectivity index (χ3n) is 1.50. The molecule has 0 aliphatic rings. The van der Waals surface area contributed by atoms with E-state index in [0.29, 0.717) is 0 Å². The van der Waals surface area contributed by atoms with E-state index in [4.69, 9.17) is 5.73 Å². The third-order valence-corrected chi connectivity index (χ3v) is 1.50. The van der Waals surface area contributed by atoms with Gasteiger partial charge < -0.3 is 5.73 Å². The minimum atomic E-state index is 0.198. The second kappa shape index (κ2) is 3.49. The molecule has 0 aromatic carbocycles. The summed E-state index contributed by atoms with van der Waals surface area (Å²) >= 11 is 0. The molecule has 60 valence electrons. The molecule has 0 amide bonds. The lowest BCUT2D eigenvalue weighted by Gasteiger charge is -2.03. The molecular weight excluding hydrogens is 136 g/mol. The van der Waals surface area contributed by atoms with Gasteiger partial charge in [0, 0.05) is 24.4 Å². The standard InChI is InChI=1S/C9H14N2/c1-7-3-4-11-9(5-7)6-8(2)10/h3-5,8H,6,10H2,1-2H3. The summed E-state index contributed by atoms with van der Waals surface area (Å²) in [5, 5.41) is 0. The number of nitrogens with zero attached hydrogens (tertiary/aromatic N) is 1. The smallest absolute Gasteiger partial charge is 0.0421 e. The van der Waals surface area contributed by atoms with Crippen LogP contribution in [0.2, 0.25) is 0 Å². The van der Waals surface area contributed by atoms with Crippen LogP contribution in [-0.2, 0) is 6.42 Å². The summed E-state index contributed by atoms with van der Waals surface area (Å²) in [6, 6.07) is 4.26. The Morgan fingerprint density at radius 1 is 1.64 bits per heavy atom. The number of aromatic nitrogens is 1. The highest BCUT2D eigenvalue weighted by atomic mass is 14.7. The maximum Gasteiger partial charge on any atom is 0.0421 e. The van der Waals surface area contributed by atoms with Crippen molar-refractivity contribution in [3.63, 3.8) is 0 Å². The molecule has 1 rings (SSSR count). The highest BCUT2D eigenvalue weighted by molar-refractivity contribution is 5.14. The molecule has 11 heavy (non-hydrogen) atoms. The van der Waals surface area contributed by atoms with Crippen molar-refractivity contribution in [3.05, 3.63) is 29.6 Å². The zero-order valence-corrected chi connectivity index (χ0v) is 7.04. The van der Waals surface area contributed by atoms with Crippen molar-refractivity contribution >= 4 is 0 Å². The van der Waals surface area contributed by atoms with Gasteiger partial charge in [-0.2, -0.15) is 0 Å². The van der Waals surface area contributed by atoms with Gasteiger partial charge in [0.05, 0.1) is 0 Å². The molecule has 0 spiro atoms. The van der Waals surface area contributed by atoms with E-state index < -0.39 is 0 Å². The Balaban J connectivity index is 2.71. The highest BCUT2D eigenvalue weighted by Gasteiger charge is 1.97. The van der Waals surface area contributed by atoms with Gasteiger partial charge in [-0.15, -0.1) is 0 Å². The summed E-state index contributed by atoms with van der Waals surface area (Å²) in [6.45, 7) is 4.05. The summed E-state index contributed by atoms with van der Waals surface area (Å²) in [6.07, 6.45) is 2.69. The fourth-order valence-electron chi connectivity index (χ4n) is 1.04. The number of hydrogen-bond donors (Lipinski definition) is 1. The van der Waals surface area contributed by atoms with E-state index in [1.54, 1.807) is 0 Å². The number of nitrogens with two attached hydrogens (primary N) is 1. The van der Waals surface area contributed by atoms with Crippen molar-refractivity contribution in [1.29, 1.82) is 0 Å². The van der Waals surface area contributed by atoms with Gasteiger partial charge in [-0.3, -0.25) is 4.98 Å². The van der Waals surface area contributed by atoms with Crippen LogP contribution in [0.3, 0.4) is 0 Å². The van der Waals surface area contributed by atoms with E-state index in [1.807, 2.05) is 19.2 Å². The summed E-state index contributed by atoms with van der Waals surface area (Å²) in [4.78, 5) is 4.20. The van der Waals surface area contributed by atoms with Crippen molar-refractivity contribution in [1.82, 2.24) is 4.98 Å². The minimum Gasteiger partial charge on any atom is -0.328 e. The average molecular weight is 150 g/mol. The van der Waals surface area contributed by atoms with Crippen LogP contribution in [0.25, 0.3) is 0 Å². The quantitative estimate of drug-likeness (QED) is 0.689. The summed E-state index contributed by atoms with van der Waals surface area (Å²) in [5.74, 6) is 0. The monoisotopic (exact) mass is 150 g/mol. The Morgan fingerprint density at radius 2 is 2.36 bits per heavy atom. The minimum absolute atomic E-state index is 0.198. The van der Waals surface area contributed by atoms with Gasteiger partial charge in [-0.1, -0.05) is 0 Å². The van der Waals surface area contributed by atoms with Crippen LogP contribution in [0.4, 0.5) is 0 Å². The highest BCUT2D eigenvalue weighted by Crippen LogP contribution is 2.01. The summed E-state index contributed by atoms with van der Waals surface area (Å²) in [5.41, 5.74) is 7.96. The maximum atomic E-state index is 5.63. The first-order valence-corrected chi connectivity index (χ1v) is 3.85. The van der Waals surface area contributed by atoms with Crippen molar-refractivity contribution in [3.8, 4) is 0 Å². The molecule has 2 nitrogen and oxygen atoms in total. The Kier molecular flexibility index (Phi) is 2.60. The molecule has 0 saturated heterocycles. The van der Waals surface area contributed by atoms with E-state index in [-0.39, 0.29) is 6.04 Å². The van der Waals surface area contributed by atoms with E-state index in [2.05, 4.69) is 18.0 Å². The molecule has 0 saturated carbocycles. The predicted octanol–water partition coefficient (Wildman–Crippen LogP) is 1.28. The van der Waals surface area contributed by atoms with E-state index in [0.717, 1.165) is 12.1 Å². The van der Waals surface area contributed by atoms with Crippen LogP contribution < -0.4 is 5.73 Å². The number of rotatable bonds is 2. The zero-order valence-electron chi connectivity index (χ0n) is 7.04. The lowest BCUT2D eigenvalue weighted by atomic mass is 10.1. The molecule has 0 fully saturated rings. The second-order valence-electron chi connectivity index (χ2n) is 3.01. The molecule has 1 heterocycles. The van der Waals surface area contributed by atoms with E-state index in [9.17, 15) is 0 Å². The Bertz CT molecular complexity index is 231. The zero-order chi connectivity index (χ0) is 8.27. The topological polar surface area (TPSA) is 38.9 Å². The Labute approximate surface area is 67.5 Å². The van der Waals surface area contributed by atoms with Crippen LogP contribution in [0.5, 0.6) is 0 Å². The van der Waals surface area contributed by atoms with E-state index in [1.165, 1.54) is 5.56 Å². The number of aryl methyl sites for hydroxylation is 1. The first-order chi connectivity index (χ1) is 5.18. The lowest BCUT2D eigenvalue weighted by Crippen LogP contribution is -2.18. The SMILES string of the molecule is Cc1ccnc(CC(C)N)c1. The number of hydrogen-bond acceptors (Lipinski definition) is 2. The van der Waals surface area contributed by atoms with Gasteiger partial charge in [0.15, 0.2) is 0 Å². The van der Waals surface area contributed by atoms with Crippen LogP contribution in [-0.4, -0.2) is 11.0 Å². The fourth-order valence-corrected chi connectivity index (χ4v) is 1.04. The summed E-state index contributed by atoms with van der Waals surface area (Å²) in [7, 11) is 0. The van der Waals surface area contributed by atoms with Gasteiger partial charge in [0.25, 0.3) is 0 Å². The van der Waals surface area contributed by atoms with E-state index >= 15 is 0 Å². The van der Waals surface area contributed by atoms with Crippen LogP contribution in [0, 0.1) is 6.92 Å². The largest absolute Gasteiger partial charge is 0.328 e. The molecule has 2 heteroatoms. The van der Waals surface area contributed by atoms with Gasteiger partial charge in [-0.05, 0) is 31.5 Å². The molecule has 0 radical (unpaired) electrons. The first kappa shape index (κ1) is 8.21. The van der Waals surface area contributed by atoms with Crippen molar-refractivity contribution in [2.45, 2.75) is 26.3 Å². The third kappa shape index (κ3) is 2.68. The average Bonchev–Trinajstić information content (AvgIpc) is 1.85. The van der Waals surface area contributed by atoms with Gasteiger partial charge in [0.1, 0.15) is 0 Å². The normalized spacial score (nSPS) is 13.0. The van der Waals surface area contributed by atoms with Crippen molar-refractivity contribution in [2.75, 3.05) is 0 Å². The Hall–Kier alpha value is -0.890. The van der Waals surface area contributed by atoms with Gasteiger partial charge in [-0.25, -0.2) is 0 Å². The fraction of sp³-hybridized carbons (Fsp3) is 0.444. The maximum absolute atomic E-state index is 5.63. The Morgan fingerprint density at radius 3 is 2.91 bits per heavy atom. The predicted molar refractivity (Wildman–Crippen MR) is 46.3 cm³/mol. The van der Waals surface area contributed by atoms with Gasteiger partial charge in [0.2, 0.25) is 0 Å². The van der Waals surface area contributed by atoms with Crippen molar-refractivity contribution in [2.24, 2.45) is 5.73 Å². The molecule has 1 unspecified atom stereocenters. The number of pyridine rings is 1. The molecule has 0 aliphatic carbocycles. The molecule has 0 aliphatic heterocycles. The molecule has 1 aromatic heterocycles. The second-order valence-corrected chi connectivity index (χ2v) is 3.01. The van der Waals surface area contributed by atoms with Crippen molar-refractivity contribution < 1.29 is 0 Å². The van der Waals surface area contributed by atoms with Crippen LogP contribution in [0.15, 0.2) is 18.3 Å². The molecule has 1 aromatic rings. The molecule has 2 N–H and O–H groups in total. The lowest BCUT2D eigenvalue weighted by molar-refractivity contribution is 0.721. The molecule has 0 bridgehead atoms. The first-order valence-electron chi connectivity index (χ1n) is 3.85. The summed E-state index contributed by atoms with van der Waals surface area (Å²) < 4.78 is 0. The molecule has 1 atom stereocenters. The van der Waals surface area contributed by atoms with Crippen LogP contribution in [0.1, 0.15) is 18.2 Å². The molecular formula is C9H14N2. The van der Waals surface area contributed by atoms with Gasteiger partial charge >= 0.3 is 0 Å².